The maximum absolute atomic E-state index is 11.7. The van der Waals surface area contributed by atoms with Gasteiger partial charge in [-0.1, -0.05) is 6.07 Å². The summed E-state index contributed by atoms with van der Waals surface area (Å²) in [7, 11) is -3.65. The van der Waals surface area contributed by atoms with Gasteiger partial charge in [0.05, 0.1) is 4.92 Å². The lowest BCUT2D eigenvalue weighted by Crippen LogP contribution is -2.33. The van der Waals surface area contributed by atoms with Gasteiger partial charge in [-0.15, -0.1) is 0 Å². The lowest BCUT2D eigenvalue weighted by Gasteiger charge is -2.27. The van der Waals surface area contributed by atoms with Crippen molar-refractivity contribution >= 4 is 21.2 Å². The number of hydrogen-bond acceptors (Lipinski definition) is 6. The van der Waals surface area contributed by atoms with Gasteiger partial charge in [0.25, 0.3) is 0 Å². The molecule has 1 fully saturated rings. The Kier molecular flexibility index (Phi) is 4.48. The molecule has 1 saturated carbocycles. The van der Waals surface area contributed by atoms with Crippen LogP contribution in [0, 0.1) is 10.1 Å². The Morgan fingerprint density at radius 1 is 1.29 bits per heavy atom. The van der Waals surface area contributed by atoms with Crippen LogP contribution in [-0.4, -0.2) is 31.7 Å². The molecule has 0 atom stereocenters. The van der Waals surface area contributed by atoms with Crippen LogP contribution in [0.15, 0.2) is 23.1 Å². The molecule has 0 heterocycles. The lowest BCUT2D eigenvalue weighted by atomic mass is 9.91. The fraction of sp³-hybridized carbons (Fsp3) is 0.538. The minimum Gasteiger partial charge on any atom is -0.377 e. The molecule has 0 spiro atoms. The van der Waals surface area contributed by atoms with E-state index in [0.717, 1.165) is 31.9 Å². The summed E-state index contributed by atoms with van der Waals surface area (Å²) >= 11 is 0. The molecule has 1 aromatic carbocycles. The monoisotopic (exact) mass is 313 g/mol. The van der Waals surface area contributed by atoms with E-state index in [-0.39, 0.29) is 28.4 Å². The van der Waals surface area contributed by atoms with E-state index in [2.05, 4.69) is 5.32 Å². The highest BCUT2D eigenvalue weighted by atomic mass is 32.2. The van der Waals surface area contributed by atoms with Crippen LogP contribution < -0.4 is 11.1 Å². The average Bonchev–Trinajstić information content (AvgIpc) is 2.40. The number of nitrogens with zero attached hydrogens (tertiary/aromatic N) is 1. The number of nitro benzene ring substituents is 1. The quantitative estimate of drug-likeness (QED) is 0.645. The molecule has 0 aromatic heterocycles. The molecule has 0 unspecified atom stereocenters. The van der Waals surface area contributed by atoms with Crippen LogP contribution in [0.25, 0.3) is 0 Å². The molecule has 21 heavy (non-hydrogen) atoms. The number of nitrogens with two attached hydrogens (primary N) is 1. The predicted molar refractivity (Wildman–Crippen MR) is 80.1 cm³/mol. The van der Waals surface area contributed by atoms with Crippen molar-refractivity contribution in [3.63, 3.8) is 0 Å². The molecule has 3 N–H and O–H groups in total. The summed E-state index contributed by atoms with van der Waals surface area (Å²) in [5.74, 6) is 0. The minimum absolute atomic E-state index is 0.0818. The maximum Gasteiger partial charge on any atom is 0.310 e. The van der Waals surface area contributed by atoms with Gasteiger partial charge >= 0.3 is 5.69 Å². The van der Waals surface area contributed by atoms with Crippen molar-refractivity contribution in [1.29, 1.82) is 0 Å². The van der Waals surface area contributed by atoms with E-state index in [0.29, 0.717) is 0 Å². The van der Waals surface area contributed by atoms with Gasteiger partial charge in [0.1, 0.15) is 10.6 Å². The Labute approximate surface area is 123 Å². The van der Waals surface area contributed by atoms with Gasteiger partial charge in [0, 0.05) is 18.3 Å². The van der Waals surface area contributed by atoms with Crippen LogP contribution in [0.4, 0.5) is 11.4 Å². The van der Waals surface area contributed by atoms with Crippen molar-refractivity contribution in [2.75, 3.05) is 11.6 Å². The van der Waals surface area contributed by atoms with Crippen molar-refractivity contribution in [3.05, 3.63) is 28.3 Å². The third kappa shape index (κ3) is 3.70. The molecule has 0 saturated heterocycles. The minimum atomic E-state index is -3.65. The molecule has 116 valence electrons. The standard InChI is InChI=1S/C13H19N3O4S/c1-21(19,20)12-4-2-3-11(13(12)16(17)18)15-10-7-5-9(14)6-8-10/h2-4,9-10,15H,5-8,14H2,1H3. The molecule has 0 radical (unpaired) electrons. The van der Waals surface area contributed by atoms with E-state index >= 15 is 0 Å². The Morgan fingerprint density at radius 2 is 1.90 bits per heavy atom. The number of sulfone groups is 1. The second-order valence-corrected chi connectivity index (χ2v) is 7.42. The second kappa shape index (κ2) is 5.98. The number of nitrogens with one attached hydrogen (secondary N) is 1. The largest absolute Gasteiger partial charge is 0.377 e. The van der Waals surface area contributed by atoms with Crippen LogP contribution in [0.3, 0.4) is 0 Å². The first kappa shape index (κ1) is 15.7. The van der Waals surface area contributed by atoms with Crippen LogP contribution in [0.1, 0.15) is 25.7 Å². The van der Waals surface area contributed by atoms with Crippen molar-refractivity contribution in [3.8, 4) is 0 Å². The molecule has 8 heteroatoms. The smallest absolute Gasteiger partial charge is 0.310 e. The SMILES string of the molecule is CS(=O)(=O)c1cccc(NC2CCC(N)CC2)c1[N+](=O)[O-]. The van der Waals surface area contributed by atoms with Crippen LogP contribution in [0.5, 0.6) is 0 Å². The Morgan fingerprint density at radius 3 is 2.43 bits per heavy atom. The zero-order valence-corrected chi connectivity index (χ0v) is 12.6. The van der Waals surface area contributed by atoms with Crippen LogP contribution >= 0.6 is 0 Å². The van der Waals surface area contributed by atoms with Crippen molar-refractivity contribution in [2.45, 2.75) is 42.7 Å². The van der Waals surface area contributed by atoms with E-state index in [1.807, 2.05) is 0 Å². The number of para-hydroxylation sites is 1. The van der Waals surface area contributed by atoms with E-state index < -0.39 is 14.8 Å². The lowest BCUT2D eigenvalue weighted by molar-refractivity contribution is -0.386. The topological polar surface area (TPSA) is 115 Å². The number of hydrogen-bond donors (Lipinski definition) is 2. The number of benzene rings is 1. The van der Waals surface area contributed by atoms with Gasteiger partial charge in [0.15, 0.2) is 9.84 Å². The molecule has 2 rings (SSSR count). The fourth-order valence-electron chi connectivity index (χ4n) is 2.61. The molecular weight excluding hydrogens is 294 g/mol. The number of anilines is 1. The van der Waals surface area contributed by atoms with Crippen molar-refractivity contribution < 1.29 is 13.3 Å². The normalized spacial score (nSPS) is 22.8. The van der Waals surface area contributed by atoms with Gasteiger partial charge in [-0.25, -0.2) is 8.42 Å². The second-order valence-electron chi connectivity index (χ2n) is 5.44. The average molecular weight is 313 g/mol. The Hall–Kier alpha value is -1.67. The van der Waals surface area contributed by atoms with Crippen molar-refractivity contribution in [2.24, 2.45) is 5.73 Å². The zero-order valence-electron chi connectivity index (χ0n) is 11.8. The Bertz CT molecular complexity index is 637. The summed E-state index contributed by atoms with van der Waals surface area (Å²) in [6.45, 7) is 0. The molecule has 0 amide bonds. The predicted octanol–water partition coefficient (Wildman–Crippen LogP) is 1.68. The van der Waals surface area contributed by atoms with Crippen LogP contribution in [-0.2, 0) is 9.84 Å². The summed E-state index contributed by atoms with van der Waals surface area (Å²) in [6.07, 6.45) is 4.33. The van der Waals surface area contributed by atoms with Gasteiger partial charge in [-0.05, 0) is 37.8 Å². The molecular formula is C13H19N3O4S. The van der Waals surface area contributed by atoms with E-state index in [1.165, 1.54) is 12.1 Å². The fourth-order valence-corrected chi connectivity index (χ4v) is 3.47. The number of nitro groups is 1. The van der Waals surface area contributed by atoms with Gasteiger partial charge in [-0.3, -0.25) is 10.1 Å². The molecule has 1 aliphatic carbocycles. The third-order valence-electron chi connectivity index (χ3n) is 3.71. The summed E-state index contributed by atoms with van der Waals surface area (Å²) in [6, 6.07) is 4.58. The van der Waals surface area contributed by atoms with Crippen molar-refractivity contribution in [1.82, 2.24) is 0 Å². The van der Waals surface area contributed by atoms with Gasteiger partial charge in [-0.2, -0.15) is 0 Å². The first-order valence-corrected chi connectivity index (χ1v) is 8.67. The molecule has 0 bridgehead atoms. The third-order valence-corrected chi connectivity index (χ3v) is 4.84. The molecule has 0 aliphatic heterocycles. The maximum atomic E-state index is 11.7. The highest BCUT2D eigenvalue weighted by Crippen LogP contribution is 2.33. The Balaban J connectivity index is 2.33. The van der Waals surface area contributed by atoms with Gasteiger partial charge < -0.3 is 11.1 Å². The first-order chi connectivity index (χ1) is 9.79. The summed E-state index contributed by atoms with van der Waals surface area (Å²) < 4.78 is 23.4. The van der Waals surface area contributed by atoms with Crippen LogP contribution in [0.2, 0.25) is 0 Å². The van der Waals surface area contributed by atoms with Gasteiger partial charge in [0.2, 0.25) is 0 Å². The summed E-state index contributed by atoms with van der Waals surface area (Å²) in [5, 5.41) is 14.4. The highest BCUT2D eigenvalue weighted by molar-refractivity contribution is 7.90. The first-order valence-electron chi connectivity index (χ1n) is 6.78. The molecule has 1 aliphatic rings. The number of rotatable bonds is 4. The molecule has 7 nitrogen and oxygen atoms in total. The summed E-state index contributed by atoms with van der Waals surface area (Å²) in [4.78, 5) is 10.4. The highest BCUT2D eigenvalue weighted by Gasteiger charge is 2.28. The summed E-state index contributed by atoms with van der Waals surface area (Å²) in [5.41, 5.74) is 5.71. The van der Waals surface area contributed by atoms with E-state index in [4.69, 9.17) is 5.73 Å². The molecule has 1 aromatic rings. The van der Waals surface area contributed by atoms with E-state index in [1.54, 1.807) is 6.07 Å². The van der Waals surface area contributed by atoms with E-state index in [9.17, 15) is 18.5 Å². The zero-order chi connectivity index (χ0) is 15.6.